The number of anilines is 1. The topological polar surface area (TPSA) is 87.7 Å². The molecule has 0 fully saturated rings. The Morgan fingerprint density at radius 1 is 1.20 bits per heavy atom. The van der Waals surface area contributed by atoms with Gasteiger partial charge in [0.25, 0.3) is 5.91 Å². The molecule has 1 unspecified atom stereocenters. The summed E-state index contributed by atoms with van der Waals surface area (Å²) in [5.41, 5.74) is 2.44. The van der Waals surface area contributed by atoms with Crippen molar-refractivity contribution in [2.45, 2.75) is 19.9 Å². The van der Waals surface area contributed by atoms with Crippen LogP contribution in [0.25, 0.3) is 0 Å². The van der Waals surface area contributed by atoms with Gasteiger partial charge in [-0.05, 0) is 49.7 Å². The molecule has 8 heteroatoms. The van der Waals surface area contributed by atoms with Crippen LogP contribution in [0, 0.1) is 0 Å². The zero-order valence-corrected chi connectivity index (χ0v) is 17.6. The Hall–Kier alpha value is -3.32. The van der Waals surface area contributed by atoms with E-state index in [1.165, 1.54) is 4.90 Å². The molecule has 0 bridgehead atoms. The van der Waals surface area contributed by atoms with Crippen molar-refractivity contribution in [2.24, 2.45) is 0 Å². The van der Waals surface area contributed by atoms with E-state index in [0.717, 1.165) is 0 Å². The molecular weight excluding hydrogens is 406 g/mol. The number of nitrogens with zero attached hydrogens (tertiary/aromatic N) is 1. The lowest BCUT2D eigenvalue weighted by atomic mass is 9.94. The number of ether oxygens (including phenoxy) is 1. The maximum Gasteiger partial charge on any atom is 0.338 e. The first-order chi connectivity index (χ1) is 14.3. The van der Waals surface area contributed by atoms with E-state index in [2.05, 4.69) is 10.6 Å². The van der Waals surface area contributed by atoms with Crippen LogP contribution in [0.5, 0.6) is 0 Å². The van der Waals surface area contributed by atoms with Crippen LogP contribution < -0.4 is 10.6 Å². The second-order valence-corrected chi connectivity index (χ2v) is 7.19. The molecule has 0 saturated carbocycles. The molecular formula is C22H22ClN3O4. The van der Waals surface area contributed by atoms with Gasteiger partial charge in [0.15, 0.2) is 0 Å². The molecule has 0 spiro atoms. The molecule has 2 N–H and O–H groups in total. The average molecular weight is 428 g/mol. The minimum Gasteiger partial charge on any atom is -0.463 e. The zero-order chi connectivity index (χ0) is 21.8. The van der Waals surface area contributed by atoms with Gasteiger partial charge in [0.2, 0.25) is 0 Å². The van der Waals surface area contributed by atoms with Gasteiger partial charge in [-0.25, -0.2) is 9.59 Å². The fourth-order valence-electron chi connectivity index (χ4n) is 3.19. The van der Waals surface area contributed by atoms with Gasteiger partial charge in [0.1, 0.15) is 0 Å². The quantitative estimate of drug-likeness (QED) is 0.702. The summed E-state index contributed by atoms with van der Waals surface area (Å²) in [5.74, 6) is -0.820. The maximum absolute atomic E-state index is 12.6. The third-order valence-corrected chi connectivity index (χ3v) is 5.05. The highest BCUT2D eigenvalue weighted by molar-refractivity contribution is 6.31. The van der Waals surface area contributed by atoms with Gasteiger partial charge in [0.05, 0.1) is 18.2 Å². The summed E-state index contributed by atoms with van der Waals surface area (Å²) in [7, 11) is 1.59. The van der Waals surface area contributed by atoms with Crippen LogP contribution in [0.4, 0.5) is 10.5 Å². The van der Waals surface area contributed by atoms with Crippen LogP contribution in [0.1, 0.15) is 35.8 Å². The minimum absolute atomic E-state index is 0.218. The van der Waals surface area contributed by atoms with Gasteiger partial charge in [-0.15, -0.1) is 0 Å². The van der Waals surface area contributed by atoms with E-state index in [1.807, 2.05) is 0 Å². The molecule has 1 atom stereocenters. The van der Waals surface area contributed by atoms with Crippen LogP contribution in [-0.4, -0.2) is 36.5 Å². The number of hydrogen-bond donors (Lipinski definition) is 2. The highest BCUT2D eigenvalue weighted by Crippen LogP contribution is 2.31. The number of rotatable bonds is 5. The number of nitrogens with one attached hydrogen (secondary N) is 2. The molecule has 1 aliphatic rings. The van der Waals surface area contributed by atoms with E-state index in [-0.39, 0.29) is 18.5 Å². The molecule has 0 aromatic heterocycles. The number of allylic oxidation sites excluding steroid dienone is 1. The summed E-state index contributed by atoms with van der Waals surface area (Å²) in [4.78, 5) is 38.8. The molecule has 0 aliphatic carbocycles. The molecule has 1 heterocycles. The van der Waals surface area contributed by atoms with Crippen LogP contribution in [-0.2, 0) is 9.53 Å². The fraction of sp³-hybridized carbons (Fsp3) is 0.227. The predicted molar refractivity (Wildman–Crippen MR) is 114 cm³/mol. The van der Waals surface area contributed by atoms with Crippen molar-refractivity contribution in [3.8, 4) is 0 Å². The van der Waals surface area contributed by atoms with Crippen molar-refractivity contribution in [3.05, 3.63) is 76.0 Å². The highest BCUT2D eigenvalue weighted by atomic mass is 35.5. The molecule has 3 rings (SSSR count). The molecule has 2 aromatic carbocycles. The standard InChI is InChI=1S/C22H22ClN3O4/c1-4-30-21(28)18-13(2)26(3)22(29)25-19(18)14-7-6-10-17(12-14)24-20(27)15-8-5-9-16(23)11-15/h5-12,19H,4H2,1-3H3,(H,24,27)(H,25,29). The van der Waals surface area contributed by atoms with Gasteiger partial charge >= 0.3 is 12.0 Å². The van der Waals surface area contributed by atoms with E-state index < -0.39 is 12.0 Å². The van der Waals surface area contributed by atoms with Crippen LogP contribution in [0.2, 0.25) is 5.02 Å². The molecule has 3 amide bonds. The first kappa shape index (κ1) is 21.4. The predicted octanol–water partition coefficient (Wildman–Crippen LogP) is 4.13. The van der Waals surface area contributed by atoms with Crippen LogP contribution >= 0.6 is 11.6 Å². The third kappa shape index (κ3) is 4.46. The number of benzene rings is 2. The number of carbonyl (C=O) groups is 3. The third-order valence-electron chi connectivity index (χ3n) is 4.81. The summed E-state index contributed by atoms with van der Waals surface area (Å²) in [6.07, 6.45) is 0. The Balaban J connectivity index is 1.92. The fourth-order valence-corrected chi connectivity index (χ4v) is 3.38. The van der Waals surface area contributed by atoms with E-state index in [9.17, 15) is 14.4 Å². The summed E-state index contributed by atoms with van der Waals surface area (Å²) < 4.78 is 5.19. The van der Waals surface area contributed by atoms with Crippen molar-refractivity contribution in [1.29, 1.82) is 0 Å². The highest BCUT2D eigenvalue weighted by Gasteiger charge is 2.35. The summed E-state index contributed by atoms with van der Waals surface area (Å²) in [5, 5.41) is 6.10. The van der Waals surface area contributed by atoms with Crippen molar-refractivity contribution >= 4 is 35.2 Å². The van der Waals surface area contributed by atoms with E-state index in [0.29, 0.717) is 33.1 Å². The summed E-state index contributed by atoms with van der Waals surface area (Å²) >= 11 is 5.96. The summed E-state index contributed by atoms with van der Waals surface area (Å²) in [6, 6.07) is 12.5. The molecule has 1 aliphatic heterocycles. The SMILES string of the molecule is CCOC(=O)C1=C(C)N(C)C(=O)NC1c1cccc(NC(=O)c2cccc(Cl)c2)c1. The molecule has 0 radical (unpaired) electrons. The number of carbonyl (C=O) groups excluding carboxylic acids is 3. The molecule has 7 nitrogen and oxygen atoms in total. The molecule has 2 aromatic rings. The smallest absolute Gasteiger partial charge is 0.338 e. The van der Waals surface area contributed by atoms with Crippen LogP contribution in [0.15, 0.2) is 59.8 Å². The Bertz CT molecular complexity index is 1030. The number of urea groups is 1. The van der Waals surface area contributed by atoms with E-state index in [1.54, 1.807) is 69.4 Å². The molecule has 156 valence electrons. The lowest BCUT2D eigenvalue weighted by molar-refractivity contribution is -0.139. The number of amides is 3. The zero-order valence-electron chi connectivity index (χ0n) is 16.9. The average Bonchev–Trinajstić information content (AvgIpc) is 2.72. The largest absolute Gasteiger partial charge is 0.463 e. The van der Waals surface area contributed by atoms with Crippen LogP contribution in [0.3, 0.4) is 0 Å². The monoisotopic (exact) mass is 427 g/mol. The summed E-state index contributed by atoms with van der Waals surface area (Å²) in [6.45, 7) is 3.64. The lowest BCUT2D eigenvalue weighted by Gasteiger charge is -2.33. The van der Waals surface area contributed by atoms with E-state index in [4.69, 9.17) is 16.3 Å². The second kappa shape index (κ2) is 9.00. The Morgan fingerprint density at radius 2 is 1.93 bits per heavy atom. The first-order valence-electron chi connectivity index (χ1n) is 9.40. The van der Waals surface area contributed by atoms with Crippen molar-refractivity contribution in [3.63, 3.8) is 0 Å². The number of halogens is 1. The lowest BCUT2D eigenvalue weighted by Crippen LogP contribution is -2.46. The van der Waals surface area contributed by atoms with Gasteiger partial charge < -0.3 is 20.3 Å². The minimum atomic E-state index is -0.698. The normalized spacial score (nSPS) is 16.2. The molecule has 30 heavy (non-hydrogen) atoms. The van der Waals surface area contributed by atoms with Crippen molar-refractivity contribution < 1.29 is 19.1 Å². The van der Waals surface area contributed by atoms with Crippen molar-refractivity contribution in [2.75, 3.05) is 19.0 Å². The maximum atomic E-state index is 12.6. The number of hydrogen-bond acceptors (Lipinski definition) is 4. The first-order valence-corrected chi connectivity index (χ1v) is 9.78. The van der Waals surface area contributed by atoms with E-state index >= 15 is 0 Å². The van der Waals surface area contributed by atoms with Gasteiger partial charge in [0, 0.05) is 29.0 Å². The van der Waals surface area contributed by atoms with Crippen molar-refractivity contribution in [1.82, 2.24) is 10.2 Å². The molecule has 0 saturated heterocycles. The number of esters is 1. The second-order valence-electron chi connectivity index (χ2n) is 6.75. The Morgan fingerprint density at radius 3 is 2.63 bits per heavy atom. The van der Waals surface area contributed by atoms with Gasteiger partial charge in [-0.1, -0.05) is 29.8 Å². The Labute approximate surface area is 179 Å². The van der Waals surface area contributed by atoms with Gasteiger partial charge in [-0.3, -0.25) is 4.79 Å². The van der Waals surface area contributed by atoms with Gasteiger partial charge in [-0.2, -0.15) is 0 Å². The Kier molecular flexibility index (Phi) is 6.42.